The van der Waals surface area contributed by atoms with Gasteiger partial charge in [0.05, 0.1) is 11.9 Å². The van der Waals surface area contributed by atoms with Crippen LogP contribution >= 0.6 is 11.8 Å². The Balaban J connectivity index is 1.21. The van der Waals surface area contributed by atoms with E-state index in [4.69, 9.17) is 0 Å². The number of carbonyl (C=O) groups is 1. The van der Waals surface area contributed by atoms with Crippen LogP contribution in [0.1, 0.15) is 37.8 Å². The van der Waals surface area contributed by atoms with E-state index in [0.29, 0.717) is 27.8 Å². The summed E-state index contributed by atoms with van der Waals surface area (Å²) in [5, 5.41) is 8.91. The summed E-state index contributed by atoms with van der Waals surface area (Å²) in [6.45, 7) is 6.00. The van der Waals surface area contributed by atoms with Crippen molar-refractivity contribution in [2.24, 2.45) is 10.1 Å². The first kappa shape index (κ1) is 30.7. The molecule has 2 heterocycles. The number of nitrogens with one attached hydrogen (secondary N) is 1. The highest BCUT2D eigenvalue weighted by molar-refractivity contribution is 8.14. The maximum Gasteiger partial charge on any atom is 0.573 e. The summed E-state index contributed by atoms with van der Waals surface area (Å²) >= 11 is 1.45. The standard InChI is InChI=1S/C30H27F4N7O2S/c1-18(2)25-14-22(31)8-13-26(25)41-19(3)16-44-29(41)37-28(42)38-36-15-20-4-6-21(7-5-20)27-35-17-40(39-27)23-9-11-24(12-10-23)43-30(32,33)34/h4-15,17-19H,16H2,1-3H3,(H,38,42)/b36-15+,37-29-. The molecule has 1 unspecified atom stereocenters. The van der Waals surface area contributed by atoms with Crippen molar-refractivity contribution >= 4 is 34.9 Å². The second kappa shape index (κ2) is 12.9. The maximum atomic E-state index is 13.9. The number of nitrogens with zero attached hydrogens (tertiary/aromatic N) is 6. The summed E-state index contributed by atoms with van der Waals surface area (Å²) in [7, 11) is 0. The molecule has 3 aromatic carbocycles. The van der Waals surface area contributed by atoms with Crippen LogP contribution in [0.15, 0.2) is 83.2 Å². The van der Waals surface area contributed by atoms with Gasteiger partial charge in [-0.25, -0.2) is 24.3 Å². The number of urea groups is 1. The molecule has 44 heavy (non-hydrogen) atoms. The molecule has 0 bridgehead atoms. The van der Waals surface area contributed by atoms with E-state index >= 15 is 0 Å². The quantitative estimate of drug-likeness (QED) is 0.133. The van der Waals surface area contributed by atoms with Crippen molar-refractivity contribution in [1.82, 2.24) is 20.2 Å². The average Bonchev–Trinajstić information content (AvgIpc) is 3.60. The number of alkyl halides is 3. The molecular weight excluding hydrogens is 598 g/mol. The summed E-state index contributed by atoms with van der Waals surface area (Å²) in [6.07, 6.45) is -1.85. The van der Waals surface area contributed by atoms with Crippen molar-refractivity contribution in [3.8, 4) is 22.8 Å². The van der Waals surface area contributed by atoms with Crippen molar-refractivity contribution in [3.63, 3.8) is 0 Å². The third kappa shape index (κ3) is 7.43. The van der Waals surface area contributed by atoms with Crippen molar-refractivity contribution in [3.05, 3.63) is 90.0 Å². The van der Waals surface area contributed by atoms with Crippen LogP contribution < -0.4 is 15.1 Å². The Hall–Kier alpha value is -4.72. The maximum absolute atomic E-state index is 13.9. The molecule has 1 aliphatic rings. The number of benzene rings is 3. The normalized spacial score (nSPS) is 16.3. The second-order valence-corrected chi connectivity index (χ2v) is 11.1. The fourth-order valence-corrected chi connectivity index (χ4v) is 5.58. The van der Waals surface area contributed by atoms with Gasteiger partial charge in [0.1, 0.15) is 17.9 Å². The van der Waals surface area contributed by atoms with E-state index < -0.39 is 12.4 Å². The number of rotatable bonds is 7. The van der Waals surface area contributed by atoms with E-state index in [1.807, 2.05) is 25.7 Å². The lowest BCUT2D eigenvalue weighted by atomic mass is 10.00. The molecule has 1 atom stereocenters. The third-order valence-corrected chi connectivity index (χ3v) is 7.73. The van der Waals surface area contributed by atoms with Gasteiger partial charge in [-0.15, -0.1) is 18.3 Å². The molecule has 0 spiro atoms. The number of anilines is 1. The van der Waals surface area contributed by atoms with Crippen molar-refractivity contribution < 1.29 is 27.1 Å². The molecule has 4 aromatic rings. The molecule has 14 heteroatoms. The number of hydrogen-bond acceptors (Lipinski definition) is 6. The Morgan fingerprint density at radius 2 is 1.84 bits per heavy atom. The topological polar surface area (TPSA) is 97.0 Å². The first-order chi connectivity index (χ1) is 21.0. The number of halogens is 4. The molecule has 2 amide bonds. The monoisotopic (exact) mass is 625 g/mol. The molecule has 228 valence electrons. The number of amides is 2. The summed E-state index contributed by atoms with van der Waals surface area (Å²) < 4.78 is 56.4. The fraction of sp³-hybridized carbons (Fsp3) is 0.233. The fourth-order valence-electron chi connectivity index (χ4n) is 4.47. The number of aliphatic imine (C=N–C) groups is 1. The van der Waals surface area contributed by atoms with Crippen LogP contribution in [0.5, 0.6) is 5.75 Å². The molecule has 1 N–H and O–H groups in total. The molecule has 0 radical (unpaired) electrons. The number of hydrogen-bond donors (Lipinski definition) is 1. The Labute approximate surface area is 254 Å². The van der Waals surface area contributed by atoms with E-state index in [1.54, 1.807) is 30.3 Å². The van der Waals surface area contributed by atoms with Crippen LogP contribution in [-0.2, 0) is 0 Å². The zero-order valence-corrected chi connectivity index (χ0v) is 24.6. The van der Waals surface area contributed by atoms with Gasteiger partial charge in [0.15, 0.2) is 11.0 Å². The van der Waals surface area contributed by atoms with Gasteiger partial charge >= 0.3 is 12.4 Å². The van der Waals surface area contributed by atoms with E-state index in [0.717, 1.165) is 17.0 Å². The number of aromatic nitrogens is 3. The van der Waals surface area contributed by atoms with Crippen molar-refractivity contribution in [1.29, 1.82) is 0 Å². The SMILES string of the molecule is CC(C)c1cc(F)ccc1N1/C(=N/C(=O)N/N=C/c2ccc(-c3ncn(-c4ccc(OC(F)(F)F)cc4)n3)cc2)SCC1C. The van der Waals surface area contributed by atoms with Crippen LogP contribution in [0, 0.1) is 5.82 Å². The number of carbonyl (C=O) groups excluding carboxylic acids is 1. The Kier molecular flexibility index (Phi) is 8.99. The number of thioether (sulfide) groups is 1. The molecule has 0 aliphatic carbocycles. The first-order valence-electron chi connectivity index (χ1n) is 13.5. The van der Waals surface area contributed by atoms with Crippen LogP contribution in [0.25, 0.3) is 17.1 Å². The van der Waals surface area contributed by atoms with Crippen LogP contribution in [0.2, 0.25) is 0 Å². The summed E-state index contributed by atoms with van der Waals surface area (Å²) in [6, 6.07) is 16.4. The Morgan fingerprint density at radius 3 is 2.52 bits per heavy atom. The Bertz CT molecular complexity index is 1690. The number of ether oxygens (including phenoxy) is 1. The number of hydrazone groups is 1. The lowest BCUT2D eigenvalue weighted by Crippen LogP contribution is -2.33. The largest absolute Gasteiger partial charge is 0.573 e. The first-order valence-corrected chi connectivity index (χ1v) is 14.5. The predicted molar refractivity (Wildman–Crippen MR) is 162 cm³/mol. The lowest BCUT2D eigenvalue weighted by Gasteiger charge is -2.27. The molecule has 1 aromatic heterocycles. The minimum absolute atomic E-state index is 0.0656. The average molecular weight is 626 g/mol. The number of amidine groups is 1. The second-order valence-electron chi connectivity index (χ2n) is 10.1. The lowest BCUT2D eigenvalue weighted by molar-refractivity contribution is -0.274. The van der Waals surface area contributed by atoms with Gasteiger partial charge in [0.2, 0.25) is 0 Å². The minimum atomic E-state index is -4.77. The van der Waals surface area contributed by atoms with Gasteiger partial charge in [-0.1, -0.05) is 49.9 Å². The van der Waals surface area contributed by atoms with Gasteiger partial charge < -0.3 is 9.64 Å². The summed E-state index contributed by atoms with van der Waals surface area (Å²) in [4.78, 5) is 23.0. The van der Waals surface area contributed by atoms with Gasteiger partial charge in [-0.3, -0.25) is 0 Å². The zero-order valence-electron chi connectivity index (χ0n) is 23.8. The summed E-state index contributed by atoms with van der Waals surface area (Å²) in [5.41, 5.74) is 5.98. The molecular formula is C30H27F4N7O2S. The van der Waals surface area contributed by atoms with Gasteiger partial charge in [-0.2, -0.15) is 10.1 Å². The predicted octanol–water partition coefficient (Wildman–Crippen LogP) is 7.14. The minimum Gasteiger partial charge on any atom is -0.406 e. The highest BCUT2D eigenvalue weighted by Crippen LogP contribution is 2.36. The van der Waals surface area contributed by atoms with Crippen molar-refractivity contribution in [2.45, 2.75) is 39.1 Å². The van der Waals surface area contributed by atoms with Crippen molar-refractivity contribution in [2.75, 3.05) is 10.7 Å². The summed E-state index contributed by atoms with van der Waals surface area (Å²) in [5.74, 6) is 0.573. The van der Waals surface area contributed by atoms with E-state index in [9.17, 15) is 22.4 Å². The van der Waals surface area contributed by atoms with Crippen LogP contribution in [0.3, 0.4) is 0 Å². The molecule has 1 saturated heterocycles. The highest BCUT2D eigenvalue weighted by atomic mass is 32.2. The van der Waals surface area contributed by atoms with Gasteiger partial charge in [0.25, 0.3) is 0 Å². The van der Waals surface area contributed by atoms with E-state index in [2.05, 4.69) is 30.3 Å². The van der Waals surface area contributed by atoms with Gasteiger partial charge in [0, 0.05) is 23.0 Å². The molecule has 0 saturated carbocycles. The molecule has 1 fully saturated rings. The zero-order chi connectivity index (χ0) is 31.4. The molecule has 9 nitrogen and oxygen atoms in total. The highest BCUT2D eigenvalue weighted by Gasteiger charge is 2.32. The van der Waals surface area contributed by atoms with E-state index in [-0.39, 0.29) is 23.5 Å². The van der Waals surface area contributed by atoms with Crippen LogP contribution in [-0.4, -0.2) is 50.3 Å². The van der Waals surface area contributed by atoms with Gasteiger partial charge in [-0.05, 0) is 66.4 Å². The van der Waals surface area contributed by atoms with E-state index in [1.165, 1.54) is 65.4 Å². The van der Waals surface area contributed by atoms with Crippen LogP contribution in [0.4, 0.5) is 28.0 Å². The third-order valence-electron chi connectivity index (χ3n) is 6.54. The molecule has 5 rings (SSSR count). The molecule has 1 aliphatic heterocycles. The Morgan fingerprint density at radius 1 is 1.11 bits per heavy atom. The smallest absolute Gasteiger partial charge is 0.406 e.